The van der Waals surface area contributed by atoms with E-state index in [0.29, 0.717) is 35.5 Å². The second-order valence-electron chi connectivity index (χ2n) is 11.2. The zero-order valence-electron chi connectivity index (χ0n) is 26.4. The van der Waals surface area contributed by atoms with E-state index in [4.69, 9.17) is 48.7 Å². The lowest BCUT2D eigenvalue weighted by atomic mass is 9.97. The number of carbonyl (C=O) groups is 1. The minimum atomic E-state index is -0.607. The van der Waals surface area contributed by atoms with Crippen molar-refractivity contribution < 1.29 is 18.7 Å². The van der Waals surface area contributed by atoms with Crippen molar-refractivity contribution >= 4 is 46.4 Å². The number of alkyl halides is 1. The van der Waals surface area contributed by atoms with E-state index in [1.54, 1.807) is 11.0 Å². The molecule has 3 aromatic rings. The van der Waals surface area contributed by atoms with Gasteiger partial charge in [-0.3, -0.25) is 4.79 Å². The van der Waals surface area contributed by atoms with Crippen LogP contribution in [-0.2, 0) is 27.8 Å². The Balaban J connectivity index is 0.000000301. The molecule has 1 heterocycles. The fourth-order valence-corrected chi connectivity index (χ4v) is 4.81. The third-order valence-corrected chi connectivity index (χ3v) is 7.07. The van der Waals surface area contributed by atoms with Gasteiger partial charge in [0.1, 0.15) is 11.6 Å². The normalized spacial score (nSPS) is 11.3. The third kappa shape index (κ3) is 10.3. The van der Waals surface area contributed by atoms with Gasteiger partial charge < -0.3 is 18.8 Å². The highest BCUT2D eigenvalue weighted by atomic mass is 35.5. The summed E-state index contributed by atoms with van der Waals surface area (Å²) in [5.74, 6) is 0.0877. The highest BCUT2D eigenvalue weighted by Gasteiger charge is 2.24. The van der Waals surface area contributed by atoms with Crippen molar-refractivity contribution in [2.75, 3.05) is 30.5 Å². The first-order valence-corrected chi connectivity index (χ1v) is 15.9. The summed E-state index contributed by atoms with van der Waals surface area (Å²) in [6, 6.07) is 9.32. The van der Waals surface area contributed by atoms with Gasteiger partial charge in [-0.25, -0.2) is 4.79 Å². The lowest BCUT2D eigenvalue weighted by Crippen LogP contribution is -2.36. The molecule has 8 nitrogen and oxygen atoms in total. The fourth-order valence-electron chi connectivity index (χ4n) is 4.16. The molecule has 0 spiro atoms. The van der Waals surface area contributed by atoms with Gasteiger partial charge in [-0.05, 0) is 50.3 Å². The van der Waals surface area contributed by atoms with Crippen molar-refractivity contribution in [2.24, 2.45) is 0 Å². The zero-order chi connectivity index (χ0) is 32.3. The van der Waals surface area contributed by atoms with Crippen molar-refractivity contribution in [1.82, 2.24) is 9.78 Å². The van der Waals surface area contributed by atoms with Crippen molar-refractivity contribution in [3.8, 4) is 11.4 Å². The van der Waals surface area contributed by atoms with E-state index in [2.05, 4.69) is 44.1 Å². The second-order valence-corrected chi connectivity index (χ2v) is 12.2. The number of halogens is 3. The summed E-state index contributed by atoms with van der Waals surface area (Å²) in [6.07, 6.45) is 2.70. The standard InChI is InChI=1S/C17H26ClNO2.C15H18Cl2N2O3/c1-4-11-21-12-10-19(16(20)13-18)17-14(5-2)8-7-9-15(17)6-3;1-8(2)21-12-7-11(9(16)6-10(12)17)19-14(20)22-13(18-19)15(3,4)5/h7-9H,4-6,10-13H2,1-3H3;6-8H,1-5H3. The summed E-state index contributed by atoms with van der Waals surface area (Å²) in [6.45, 7) is 17.6. The molecule has 11 heteroatoms. The van der Waals surface area contributed by atoms with Crippen molar-refractivity contribution in [2.45, 2.75) is 86.2 Å². The van der Waals surface area contributed by atoms with E-state index in [1.807, 2.05) is 34.6 Å². The van der Waals surface area contributed by atoms with Crippen LogP contribution in [0.5, 0.6) is 5.75 Å². The van der Waals surface area contributed by atoms with Crippen LogP contribution < -0.4 is 15.4 Å². The number of aryl methyl sites for hydroxylation is 2. The first kappa shape index (κ1) is 36.7. The molecule has 3 rings (SSSR count). The van der Waals surface area contributed by atoms with Crippen molar-refractivity contribution in [3.63, 3.8) is 0 Å². The molecule has 0 unspecified atom stereocenters. The van der Waals surface area contributed by atoms with Gasteiger partial charge in [0.05, 0.1) is 34.1 Å². The van der Waals surface area contributed by atoms with Gasteiger partial charge in [0.2, 0.25) is 11.8 Å². The maximum Gasteiger partial charge on any atom is 0.442 e. The number of para-hydroxylation sites is 1. The summed E-state index contributed by atoms with van der Waals surface area (Å²) in [4.78, 5) is 26.1. The summed E-state index contributed by atoms with van der Waals surface area (Å²) >= 11 is 18.1. The van der Waals surface area contributed by atoms with E-state index in [1.165, 1.54) is 17.2 Å². The Labute approximate surface area is 270 Å². The largest absolute Gasteiger partial charge is 0.489 e. The van der Waals surface area contributed by atoms with Gasteiger partial charge in [-0.2, -0.15) is 4.68 Å². The maximum absolute atomic E-state index is 12.3. The number of carbonyl (C=O) groups excluding carboxylic acids is 1. The molecule has 0 N–H and O–H groups in total. The molecule has 0 aliphatic heterocycles. The second kappa shape index (κ2) is 17.1. The van der Waals surface area contributed by atoms with Crippen LogP contribution in [0, 0.1) is 0 Å². The SMILES string of the molecule is CC(C)Oc1cc(-n2nc(C(C)(C)C)oc2=O)c(Cl)cc1Cl.CCCOCCN(C(=O)CCl)c1c(CC)cccc1CC. The van der Waals surface area contributed by atoms with Gasteiger partial charge in [-0.15, -0.1) is 16.7 Å². The number of benzene rings is 2. The summed E-state index contributed by atoms with van der Waals surface area (Å²) < 4.78 is 17.5. The Morgan fingerprint density at radius 1 is 1.05 bits per heavy atom. The van der Waals surface area contributed by atoms with Crippen molar-refractivity contribution in [3.05, 3.63) is 67.9 Å². The molecular formula is C32H44Cl3N3O5. The quantitative estimate of drug-likeness (QED) is 0.145. The molecule has 43 heavy (non-hydrogen) atoms. The third-order valence-electron chi connectivity index (χ3n) is 6.24. The average molecular weight is 657 g/mol. The molecule has 0 aliphatic rings. The summed E-state index contributed by atoms with van der Waals surface area (Å²) in [7, 11) is 0. The minimum Gasteiger partial charge on any atom is -0.489 e. The molecule has 1 aromatic heterocycles. The maximum atomic E-state index is 12.3. The number of hydrogen-bond donors (Lipinski definition) is 0. The van der Waals surface area contributed by atoms with Gasteiger partial charge >= 0.3 is 5.76 Å². The predicted molar refractivity (Wildman–Crippen MR) is 176 cm³/mol. The van der Waals surface area contributed by atoms with Crippen LogP contribution >= 0.6 is 34.8 Å². The highest BCUT2D eigenvalue weighted by Crippen LogP contribution is 2.33. The van der Waals surface area contributed by atoms with Crippen LogP contribution in [-0.4, -0.2) is 47.4 Å². The molecule has 238 valence electrons. The Bertz CT molecular complexity index is 1370. The van der Waals surface area contributed by atoms with E-state index < -0.39 is 5.76 Å². The summed E-state index contributed by atoms with van der Waals surface area (Å²) in [5.41, 5.74) is 3.37. The van der Waals surface area contributed by atoms with Crippen LogP contribution in [0.2, 0.25) is 10.0 Å². The van der Waals surface area contributed by atoms with Crippen LogP contribution in [0.1, 0.15) is 78.8 Å². The number of rotatable bonds is 12. The van der Waals surface area contributed by atoms with Crippen LogP contribution in [0.25, 0.3) is 5.69 Å². The van der Waals surface area contributed by atoms with Crippen LogP contribution in [0.15, 0.2) is 39.5 Å². The number of nitrogens with zero attached hydrogens (tertiary/aromatic N) is 3. The van der Waals surface area contributed by atoms with E-state index in [9.17, 15) is 9.59 Å². The number of hydrogen-bond acceptors (Lipinski definition) is 6. The molecule has 0 fully saturated rings. The van der Waals surface area contributed by atoms with E-state index >= 15 is 0 Å². The minimum absolute atomic E-state index is 0.00498. The van der Waals surface area contributed by atoms with Gasteiger partial charge in [0.25, 0.3) is 0 Å². The van der Waals surface area contributed by atoms with Crippen LogP contribution in [0.4, 0.5) is 5.69 Å². The molecule has 0 radical (unpaired) electrons. The zero-order valence-corrected chi connectivity index (χ0v) is 28.7. The molecular weight excluding hydrogens is 613 g/mol. The number of ether oxygens (including phenoxy) is 2. The first-order chi connectivity index (χ1) is 20.3. The fraction of sp³-hybridized carbons (Fsp3) is 0.531. The Kier molecular flexibility index (Phi) is 14.6. The van der Waals surface area contributed by atoms with Gasteiger partial charge in [-0.1, -0.05) is 82.9 Å². The molecule has 2 aromatic carbocycles. The number of anilines is 1. The topological polar surface area (TPSA) is 86.8 Å². The Morgan fingerprint density at radius 2 is 1.67 bits per heavy atom. The lowest BCUT2D eigenvalue weighted by Gasteiger charge is -2.27. The number of aromatic nitrogens is 2. The van der Waals surface area contributed by atoms with Crippen molar-refractivity contribution in [1.29, 1.82) is 0 Å². The van der Waals surface area contributed by atoms with E-state index in [0.717, 1.165) is 36.2 Å². The Morgan fingerprint density at radius 3 is 2.16 bits per heavy atom. The smallest absolute Gasteiger partial charge is 0.442 e. The molecule has 1 amide bonds. The summed E-state index contributed by atoms with van der Waals surface area (Å²) in [5, 5.41) is 4.88. The molecule has 0 aliphatic carbocycles. The number of amides is 1. The molecule has 0 bridgehead atoms. The molecule has 0 saturated carbocycles. The van der Waals surface area contributed by atoms with Crippen LogP contribution in [0.3, 0.4) is 0 Å². The van der Waals surface area contributed by atoms with E-state index in [-0.39, 0.29) is 28.3 Å². The average Bonchev–Trinajstić information content (AvgIpc) is 3.36. The molecule has 0 atom stereocenters. The lowest BCUT2D eigenvalue weighted by molar-refractivity contribution is -0.116. The van der Waals surface area contributed by atoms with Gasteiger partial charge in [0.15, 0.2) is 0 Å². The predicted octanol–water partition coefficient (Wildman–Crippen LogP) is 8.03. The van der Waals surface area contributed by atoms with Gasteiger partial charge in [0, 0.05) is 24.6 Å². The molecule has 0 saturated heterocycles. The monoisotopic (exact) mass is 655 g/mol. The Hall–Kier alpha value is -2.52. The highest BCUT2D eigenvalue weighted by molar-refractivity contribution is 6.36. The first-order valence-electron chi connectivity index (χ1n) is 14.6.